The molecule has 2 rings (SSSR count). The third-order valence-corrected chi connectivity index (χ3v) is 4.45. The van der Waals surface area contributed by atoms with Crippen LogP contribution < -0.4 is 5.32 Å². The molecule has 2 nitrogen and oxygen atoms in total. The molecule has 0 atom stereocenters. The number of hydrogen-bond donors (Lipinski definition) is 1. The van der Waals surface area contributed by atoms with E-state index in [2.05, 4.69) is 47.2 Å². The van der Waals surface area contributed by atoms with Crippen LogP contribution in [0.15, 0.2) is 40.9 Å². The quantitative estimate of drug-likeness (QED) is 0.877. The topological polar surface area (TPSA) is 29.1 Å². The Morgan fingerprint density at radius 3 is 2.50 bits per heavy atom. The molecule has 0 aliphatic rings. The zero-order chi connectivity index (χ0) is 14.7. The summed E-state index contributed by atoms with van der Waals surface area (Å²) in [5.74, 6) is -0.000414. The minimum Gasteiger partial charge on any atom is -0.325 e. The third-order valence-electron chi connectivity index (χ3n) is 3.40. The highest BCUT2D eigenvalue weighted by atomic mass is 79.9. The van der Waals surface area contributed by atoms with Crippen molar-refractivity contribution in [1.82, 2.24) is 0 Å². The van der Waals surface area contributed by atoms with Crippen LogP contribution >= 0.6 is 15.9 Å². The second-order valence-corrected chi connectivity index (χ2v) is 5.87. The maximum Gasteiger partial charge on any atom is 0.228 e. The summed E-state index contributed by atoms with van der Waals surface area (Å²) in [5.41, 5.74) is 5.42. The van der Waals surface area contributed by atoms with Crippen LogP contribution in [0.25, 0.3) is 0 Å². The van der Waals surface area contributed by atoms with Gasteiger partial charge in [-0.05, 0) is 65.0 Å². The van der Waals surface area contributed by atoms with Crippen molar-refractivity contribution >= 4 is 27.5 Å². The highest BCUT2D eigenvalue weighted by Crippen LogP contribution is 2.25. The number of nitrogens with one attached hydrogen (secondary N) is 1. The lowest BCUT2D eigenvalue weighted by Gasteiger charge is -2.10. The molecule has 0 aliphatic carbocycles. The van der Waals surface area contributed by atoms with Crippen LogP contribution in [0, 0.1) is 20.8 Å². The molecule has 0 fully saturated rings. The fourth-order valence-corrected chi connectivity index (χ4v) is 2.40. The first kappa shape index (κ1) is 14.8. The molecule has 0 heterocycles. The van der Waals surface area contributed by atoms with Crippen LogP contribution in [-0.2, 0) is 11.2 Å². The van der Waals surface area contributed by atoms with Crippen LogP contribution in [0.4, 0.5) is 5.69 Å². The monoisotopic (exact) mass is 331 g/mol. The van der Waals surface area contributed by atoms with E-state index in [0.29, 0.717) is 6.42 Å². The summed E-state index contributed by atoms with van der Waals surface area (Å²) in [5, 5.41) is 2.95. The molecule has 0 radical (unpaired) electrons. The first-order valence-corrected chi connectivity index (χ1v) is 7.38. The van der Waals surface area contributed by atoms with Gasteiger partial charge in [-0.1, -0.05) is 30.3 Å². The van der Waals surface area contributed by atoms with Gasteiger partial charge < -0.3 is 5.32 Å². The summed E-state index contributed by atoms with van der Waals surface area (Å²) >= 11 is 3.50. The molecule has 0 saturated heterocycles. The van der Waals surface area contributed by atoms with Crippen LogP contribution in [0.3, 0.4) is 0 Å². The summed E-state index contributed by atoms with van der Waals surface area (Å²) in [4.78, 5) is 12.1. The standard InChI is InChI=1S/C17H18BrNO/c1-11-7-8-14(9-13(11)3)10-16(20)19-15-6-4-5-12(2)17(15)18/h4-9H,10H2,1-3H3,(H,19,20). The molecule has 2 aromatic carbocycles. The van der Waals surface area contributed by atoms with Gasteiger partial charge in [-0.25, -0.2) is 0 Å². The second kappa shape index (κ2) is 6.23. The fraction of sp³-hybridized carbons (Fsp3) is 0.235. The van der Waals surface area contributed by atoms with Crippen molar-refractivity contribution in [3.05, 3.63) is 63.1 Å². The summed E-state index contributed by atoms with van der Waals surface area (Å²) in [6.07, 6.45) is 0.390. The largest absolute Gasteiger partial charge is 0.325 e. The number of anilines is 1. The Labute approximate surface area is 128 Å². The number of benzene rings is 2. The van der Waals surface area contributed by atoms with Gasteiger partial charge in [-0.2, -0.15) is 0 Å². The first-order valence-electron chi connectivity index (χ1n) is 6.58. The number of amides is 1. The Kier molecular flexibility index (Phi) is 4.61. The second-order valence-electron chi connectivity index (χ2n) is 5.08. The molecule has 0 aromatic heterocycles. The molecule has 0 bridgehead atoms. The summed E-state index contributed by atoms with van der Waals surface area (Å²) in [7, 11) is 0. The molecule has 20 heavy (non-hydrogen) atoms. The minimum atomic E-state index is -0.000414. The maximum atomic E-state index is 12.1. The van der Waals surface area contributed by atoms with Crippen LogP contribution in [0.2, 0.25) is 0 Å². The average molecular weight is 332 g/mol. The molecular weight excluding hydrogens is 314 g/mol. The van der Waals surface area contributed by atoms with E-state index in [1.807, 2.05) is 31.2 Å². The average Bonchev–Trinajstić information content (AvgIpc) is 2.39. The maximum absolute atomic E-state index is 12.1. The minimum absolute atomic E-state index is 0.000414. The SMILES string of the molecule is Cc1ccc(CC(=O)Nc2cccc(C)c2Br)cc1C. The normalized spacial score (nSPS) is 10.4. The van der Waals surface area contributed by atoms with Gasteiger partial charge in [0.25, 0.3) is 0 Å². The fourth-order valence-electron chi connectivity index (χ4n) is 2.04. The van der Waals surface area contributed by atoms with Crippen molar-refractivity contribution in [2.24, 2.45) is 0 Å². The number of aryl methyl sites for hydroxylation is 3. The van der Waals surface area contributed by atoms with Gasteiger partial charge in [-0.15, -0.1) is 0 Å². The van der Waals surface area contributed by atoms with Crippen LogP contribution in [-0.4, -0.2) is 5.91 Å². The van der Waals surface area contributed by atoms with Crippen molar-refractivity contribution < 1.29 is 4.79 Å². The lowest BCUT2D eigenvalue weighted by molar-refractivity contribution is -0.115. The van der Waals surface area contributed by atoms with Crippen molar-refractivity contribution in [2.45, 2.75) is 27.2 Å². The van der Waals surface area contributed by atoms with Gasteiger partial charge in [0.1, 0.15) is 0 Å². The smallest absolute Gasteiger partial charge is 0.228 e. The van der Waals surface area contributed by atoms with E-state index in [1.54, 1.807) is 0 Å². The van der Waals surface area contributed by atoms with Crippen molar-refractivity contribution in [1.29, 1.82) is 0 Å². The zero-order valence-electron chi connectivity index (χ0n) is 12.0. The van der Waals surface area contributed by atoms with Gasteiger partial charge in [0.15, 0.2) is 0 Å². The lowest BCUT2D eigenvalue weighted by Crippen LogP contribution is -2.15. The van der Waals surface area contributed by atoms with Crippen molar-refractivity contribution in [2.75, 3.05) is 5.32 Å². The zero-order valence-corrected chi connectivity index (χ0v) is 13.5. The van der Waals surface area contributed by atoms with Gasteiger partial charge in [0, 0.05) is 4.47 Å². The molecule has 0 unspecified atom stereocenters. The van der Waals surface area contributed by atoms with Crippen molar-refractivity contribution in [3.8, 4) is 0 Å². The predicted molar refractivity (Wildman–Crippen MR) is 87.1 cm³/mol. The summed E-state index contributed by atoms with van der Waals surface area (Å²) < 4.78 is 0.938. The number of carbonyl (C=O) groups excluding carboxylic acids is 1. The summed E-state index contributed by atoms with van der Waals surface area (Å²) in [6, 6.07) is 12.0. The van der Waals surface area contributed by atoms with Gasteiger partial charge in [0.2, 0.25) is 5.91 Å². The Hall–Kier alpha value is -1.61. The number of hydrogen-bond acceptors (Lipinski definition) is 1. The highest BCUT2D eigenvalue weighted by Gasteiger charge is 2.08. The molecule has 1 amide bonds. The van der Waals surface area contributed by atoms with E-state index in [9.17, 15) is 4.79 Å². The van der Waals surface area contributed by atoms with E-state index in [0.717, 1.165) is 21.3 Å². The molecule has 0 aliphatic heterocycles. The Balaban J connectivity index is 2.09. The molecule has 0 saturated carbocycles. The lowest BCUT2D eigenvalue weighted by atomic mass is 10.0. The Morgan fingerprint density at radius 1 is 1.05 bits per heavy atom. The highest BCUT2D eigenvalue weighted by molar-refractivity contribution is 9.10. The molecule has 104 valence electrons. The van der Waals surface area contributed by atoms with E-state index in [-0.39, 0.29) is 5.91 Å². The van der Waals surface area contributed by atoms with Gasteiger partial charge in [-0.3, -0.25) is 4.79 Å². The number of carbonyl (C=O) groups is 1. The molecule has 2 aromatic rings. The number of halogens is 1. The van der Waals surface area contributed by atoms with Crippen LogP contribution in [0.5, 0.6) is 0 Å². The third kappa shape index (κ3) is 3.48. The van der Waals surface area contributed by atoms with Gasteiger partial charge >= 0.3 is 0 Å². The Morgan fingerprint density at radius 2 is 1.80 bits per heavy atom. The first-order chi connectivity index (χ1) is 9.47. The molecule has 1 N–H and O–H groups in total. The van der Waals surface area contributed by atoms with E-state index >= 15 is 0 Å². The van der Waals surface area contributed by atoms with Crippen LogP contribution in [0.1, 0.15) is 22.3 Å². The van der Waals surface area contributed by atoms with E-state index < -0.39 is 0 Å². The summed E-state index contributed by atoms with van der Waals surface area (Å²) in [6.45, 7) is 6.14. The molecule has 0 spiro atoms. The van der Waals surface area contributed by atoms with Gasteiger partial charge in [0.05, 0.1) is 12.1 Å². The molecular formula is C17H18BrNO. The number of rotatable bonds is 3. The Bertz CT molecular complexity index is 649. The van der Waals surface area contributed by atoms with E-state index in [1.165, 1.54) is 11.1 Å². The molecule has 3 heteroatoms. The predicted octanol–water partition coefficient (Wildman–Crippen LogP) is 4.56. The van der Waals surface area contributed by atoms with E-state index in [4.69, 9.17) is 0 Å². The van der Waals surface area contributed by atoms with Crippen molar-refractivity contribution in [3.63, 3.8) is 0 Å².